The van der Waals surface area contributed by atoms with Crippen molar-refractivity contribution in [1.29, 1.82) is 0 Å². The maximum atomic E-state index is 13.0. The Balaban J connectivity index is 1.58. The smallest absolute Gasteiger partial charge is 0.416 e. The quantitative estimate of drug-likeness (QED) is 0.152. The van der Waals surface area contributed by atoms with Crippen molar-refractivity contribution in [2.45, 2.75) is 68.6 Å². The molecule has 0 spiro atoms. The Kier molecular flexibility index (Phi) is 8.91. The number of rotatable bonds is 8. The molecule has 1 atom stereocenters. The van der Waals surface area contributed by atoms with E-state index in [1.54, 1.807) is 0 Å². The Bertz CT molecular complexity index is 1410. The normalized spacial score (nSPS) is 13.2. The topological polar surface area (TPSA) is 9.23 Å². The molecular formula is C34H37F3OSSi. The van der Waals surface area contributed by atoms with E-state index in [1.807, 2.05) is 30.0 Å². The Labute approximate surface area is 241 Å². The van der Waals surface area contributed by atoms with E-state index in [1.165, 1.54) is 28.2 Å². The fourth-order valence-electron chi connectivity index (χ4n) is 4.20. The maximum absolute atomic E-state index is 13.0. The fourth-order valence-corrected chi connectivity index (χ4v) is 6.57. The van der Waals surface area contributed by atoms with Gasteiger partial charge in [0.2, 0.25) is 8.32 Å². The van der Waals surface area contributed by atoms with Crippen LogP contribution in [0.3, 0.4) is 0 Å². The van der Waals surface area contributed by atoms with Gasteiger partial charge >= 0.3 is 6.18 Å². The molecule has 4 rings (SSSR count). The van der Waals surface area contributed by atoms with E-state index in [9.17, 15) is 13.2 Å². The summed E-state index contributed by atoms with van der Waals surface area (Å²) < 4.78 is 45.5. The van der Waals surface area contributed by atoms with E-state index in [0.717, 1.165) is 41.0 Å². The number of benzene rings is 4. The van der Waals surface area contributed by atoms with Crippen molar-refractivity contribution in [2.24, 2.45) is 0 Å². The second-order valence-corrected chi connectivity index (χ2v) is 17.8. The van der Waals surface area contributed by atoms with Gasteiger partial charge in [-0.15, -0.1) is 11.8 Å². The molecule has 1 nitrogen and oxygen atoms in total. The van der Waals surface area contributed by atoms with Crippen LogP contribution in [0.1, 0.15) is 48.3 Å². The minimum absolute atomic E-state index is 0.125. The average Bonchev–Trinajstić information content (AvgIpc) is 2.89. The summed E-state index contributed by atoms with van der Waals surface area (Å²) in [7, 11) is -1.94. The number of aryl methyl sites for hydroxylation is 1. The molecule has 0 aliphatic carbocycles. The second-order valence-electron chi connectivity index (χ2n) is 11.8. The Morgan fingerprint density at radius 1 is 0.775 bits per heavy atom. The number of thioether (sulfide) groups is 1. The molecule has 0 bridgehead atoms. The summed E-state index contributed by atoms with van der Waals surface area (Å²) in [5.41, 5.74) is 4.57. The molecular weight excluding hydrogens is 542 g/mol. The van der Waals surface area contributed by atoms with Gasteiger partial charge in [-0.1, -0.05) is 87.5 Å². The summed E-state index contributed by atoms with van der Waals surface area (Å²) in [6, 6.07) is 30.4. The van der Waals surface area contributed by atoms with Crippen LogP contribution in [0.2, 0.25) is 18.1 Å². The van der Waals surface area contributed by atoms with Gasteiger partial charge < -0.3 is 4.43 Å². The van der Waals surface area contributed by atoms with Crippen molar-refractivity contribution in [3.05, 3.63) is 119 Å². The van der Waals surface area contributed by atoms with Gasteiger partial charge in [0.25, 0.3) is 0 Å². The van der Waals surface area contributed by atoms with E-state index in [2.05, 4.69) is 95.4 Å². The van der Waals surface area contributed by atoms with Crippen molar-refractivity contribution < 1.29 is 17.6 Å². The lowest BCUT2D eigenvalue weighted by atomic mass is 9.99. The first kappa shape index (κ1) is 30.0. The van der Waals surface area contributed by atoms with Crippen LogP contribution in [0.5, 0.6) is 5.75 Å². The monoisotopic (exact) mass is 578 g/mol. The molecule has 210 valence electrons. The highest BCUT2D eigenvalue weighted by atomic mass is 32.2. The summed E-state index contributed by atoms with van der Waals surface area (Å²) in [5, 5.41) is 0.288. The Morgan fingerprint density at radius 2 is 1.35 bits per heavy atom. The third-order valence-electron chi connectivity index (χ3n) is 7.69. The molecule has 0 aromatic heterocycles. The molecule has 4 aromatic rings. The van der Waals surface area contributed by atoms with E-state index >= 15 is 0 Å². The van der Waals surface area contributed by atoms with Crippen LogP contribution in [-0.2, 0) is 12.6 Å². The number of hydrogen-bond donors (Lipinski definition) is 0. The number of halogens is 3. The Hall–Kier alpha value is -2.96. The van der Waals surface area contributed by atoms with Gasteiger partial charge in [-0.25, -0.2) is 0 Å². The minimum Gasteiger partial charge on any atom is -0.543 e. The lowest BCUT2D eigenvalue weighted by Gasteiger charge is -2.37. The standard InChI is InChI=1S/C34H37F3OSSi/c1-24-22-30(20-21-31(24)38-40(5,6)33(2,3)4)39-32(23-25-10-8-7-9-11-25)28-14-12-26(13-15-28)27-16-18-29(19-17-27)34(35,36)37/h7-22,32H,23H2,1-6H3. The maximum Gasteiger partial charge on any atom is 0.416 e. The van der Waals surface area contributed by atoms with Crippen LogP contribution >= 0.6 is 11.8 Å². The minimum atomic E-state index is -4.34. The summed E-state index contributed by atoms with van der Waals surface area (Å²) in [6.45, 7) is 13.4. The molecule has 0 saturated carbocycles. The van der Waals surface area contributed by atoms with Crippen LogP contribution < -0.4 is 4.43 Å². The molecule has 0 saturated heterocycles. The van der Waals surface area contributed by atoms with Gasteiger partial charge in [0, 0.05) is 10.1 Å². The highest BCUT2D eigenvalue weighted by Crippen LogP contribution is 2.42. The molecule has 1 unspecified atom stereocenters. The average molecular weight is 579 g/mol. The number of alkyl halides is 3. The predicted octanol–water partition coefficient (Wildman–Crippen LogP) is 11.1. The van der Waals surface area contributed by atoms with E-state index in [0.29, 0.717) is 0 Å². The van der Waals surface area contributed by atoms with Gasteiger partial charge in [0.1, 0.15) is 5.75 Å². The van der Waals surface area contributed by atoms with Gasteiger partial charge in [0.15, 0.2) is 0 Å². The molecule has 4 aromatic carbocycles. The van der Waals surface area contributed by atoms with Crippen molar-refractivity contribution in [1.82, 2.24) is 0 Å². The molecule has 0 fully saturated rings. The first-order chi connectivity index (χ1) is 18.7. The van der Waals surface area contributed by atoms with Crippen molar-refractivity contribution >= 4 is 20.1 Å². The molecule has 0 amide bonds. The van der Waals surface area contributed by atoms with Crippen LogP contribution in [0, 0.1) is 6.92 Å². The second kappa shape index (κ2) is 11.9. The van der Waals surface area contributed by atoms with Gasteiger partial charge in [-0.3, -0.25) is 0 Å². The van der Waals surface area contributed by atoms with E-state index in [4.69, 9.17) is 4.43 Å². The highest BCUT2D eigenvalue weighted by molar-refractivity contribution is 7.99. The molecule has 0 aliphatic heterocycles. The molecule has 0 N–H and O–H groups in total. The third kappa shape index (κ3) is 7.41. The molecule has 0 radical (unpaired) electrons. The fraction of sp³-hybridized carbons (Fsp3) is 0.294. The first-order valence-corrected chi connectivity index (χ1v) is 17.3. The van der Waals surface area contributed by atoms with Gasteiger partial charge in [0.05, 0.1) is 5.56 Å². The third-order valence-corrected chi connectivity index (χ3v) is 13.3. The lowest BCUT2D eigenvalue weighted by molar-refractivity contribution is -0.137. The summed E-state index contributed by atoms with van der Waals surface area (Å²) in [5.74, 6) is 0.955. The van der Waals surface area contributed by atoms with Crippen LogP contribution in [-0.4, -0.2) is 8.32 Å². The largest absolute Gasteiger partial charge is 0.543 e. The lowest BCUT2D eigenvalue weighted by Crippen LogP contribution is -2.44. The molecule has 6 heteroatoms. The zero-order valence-corrected chi connectivity index (χ0v) is 25.8. The molecule has 0 heterocycles. The summed E-state index contributed by atoms with van der Waals surface area (Å²) >= 11 is 1.82. The van der Waals surface area contributed by atoms with Crippen LogP contribution in [0.4, 0.5) is 13.2 Å². The van der Waals surface area contributed by atoms with Crippen molar-refractivity contribution in [3.63, 3.8) is 0 Å². The summed E-state index contributed by atoms with van der Waals surface area (Å²) in [6.07, 6.45) is -3.48. The zero-order valence-electron chi connectivity index (χ0n) is 24.0. The van der Waals surface area contributed by atoms with Crippen molar-refractivity contribution in [3.8, 4) is 16.9 Å². The van der Waals surface area contributed by atoms with Gasteiger partial charge in [-0.05, 0) is 89.6 Å². The first-order valence-electron chi connectivity index (χ1n) is 13.5. The van der Waals surface area contributed by atoms with Gasteiger partial charge in [-0.2, -0.15) is 13.2 Å². The number of hydrogen-bond acceptors (Lipinski definition) is 2. The highest BCUT2D eigenvalue weighted by Gasteiger charge is 2.39. The van der Waals surface area contributed by atoms with Crippen molar-refractivity contribution in [2.75, 3.05) is 0 Å². The molecule has 0 aliphatic rings. The Morgan fingerprint density at radius 3 is 1.88 bits per heavy atom. The zero-order chi connectivity index (χ0) is 29.1. The van der Waals surface area contributed by atoms with E-state index < -0.39 is 20.1 Å². The SMILES string of the molecule is Cc1cc(SC(Cc2ccccc2)c2ccc(-c3ccc(C(F)(F)F)cc3)cc2)ccc1O[Si](C)(C)C(C)(C)C. The van der Waals surface area contributed by atoms with E-state index in [-0.39, 0.29) is 10.3 Å². The van der Waals surface area contributed by atoms with Crippen LogP contribution in [0.15, 0.2) is 102 Å². The predicted molar refractivity (Wildman–Crippen MR) is 165 cm³/mol. The van der Waals surface area contributed by atoms with Crippen LogP contribution in [0.25, 0.3) is 11.1 Å². The molecule has 40 heavy (non-hydrogen) atoms. The summed E-state index contributed by atoms with van der Waals surface area (Å²) in [4.78, 5) is 1.17.